The fraction of sp³-hybridized carbons (Fsp3) is 0.409. The van der Waals surface area contributed by atoms with Gasteiger partial charge in [0.1, 0.15) is 24.1 Å². The Kier molecular flexibility index (Phi) is 7.23. The van der Waals surface area contributed by atoms with Gasteiger partial charge in [0, 0.05) is 11.6 Å². The smallest absolute Gasteiger partial charge is 0.245 e. The van der Waals surface area contributed by atoms with Crippen LogP contribution < -0.4 is 19.7 Å². The lowest BCUT2D eigenvalue weighted by molar-refractivity contribution is -0.917. The van der Waals surface area contributed by atoms with E-state index in [1.54, 1.807) is 26.4 Å². The van der Waals surface area contributed by atoms with Gasteiger partial charge in [-0.15, -0.1) is 0 Å². The van der Waals surface area contributed by atoms with Crippen molar-refractivity contribution in [3.05, 3.63) is 53.1 Å². The predicted molar refractivity (Wildman–Crippen MR) is 115 cm³/mol. The number of ether oxygens (including phenoxy) is 2. The molecule has 1 atom stereocenters. The maximum Gasteiger partial charge on any atom is 0.245 e. The molecule has 0 bridgehead atoms. The summed E-state index contributed by atoms with van der Waals surface area (Å²) in [4.78, 5) is 16.4. The van der Waals surface area contributed by atoms with Crippen LogP contribution in [0.2, 0.25) is 5.02 Å². The van der Waals surface area contributed by atoms with E-state index in [9.17, 15) is 4.79 Å². The van der Waals surface area contributed by atoms with Crippen molar-refractivity contribution in [3.63, 3.8) is 0 Å². The third-order valence-corrected chi connectivity index (χ3v) is 5.59. The zero-order valence-electron chi connectivity index (χ0n) is 17.2. The Morgan fingerprint density at radius 3 is 2.41 bits per heavy atom. The largest absolute Gasteiger partial charge is 0.495 e. The van der Waals surface area contributed by atoms with Gasteiger partial charge in [0.25, 0.3) is 0 Å². The number of anilines is 1. The Balaban J connectivity index is 1.56. The van der Waals surface area contributed by atoms with E-state index >= 15 is 0 Å². The van der Waals surface area contributed by atoms with Crippen molar-refractivity contribution in [1.82, 2.24) is 4.90 Å². The van der Waals surface area contributed by atoms with Gasteiger partial charge in [0.05, 0.1) is 51.1 Å². The first-order chi connectivity index (χ1) is 14.0. The van der Waals surface area contributed by atoms with Gasteiger partial charge >= 0.3 is 0 Å². The zero-order chi connectivity index (χ0) is 20.8. The summed E-state index contributed by atoms with van der Waals surface area (Å²) in [6, 6.07) is 13.5. The lowest BCUT2D eigenvalue weighted by Crippen LogP contribution is -3.13. The number of quaternary nitrogens is 1. The monoisotopic (exact) mass is 418 g/mol. The Morgan fingerprint density at radius 2 is 1.79 bits per heavy atom. The van der Waals surface area contributed by atoms with Crippen molar-refractivity contribution < 1.29 is 19.2 Å². The van der Waals surface area contributed by atoms with E-state index in [4.69, 9.17) is 21.1 Å². The molecule has 2 aromatic carbocycles. The summed E-state index contributed by atoms with van der Waals surface area (Å²) in [5.41, 5.74) is 2.01. The first-order valence-electron chi connectivity index (χ1n) is 9.86. The third-order valence-electron chi connectivity index (χ3n) is 5.30. The molecule has 0 radical (unpaired) electrons. The number of nitrogens with zero attached hydrogens (tertiary/aromatic N) is 1. The molecular formula is C22H29ClN3O3+. The van der Waals surface area contributed by atoms with Crippen LogP contribution in [0.15, 0.2) is 42.5 Å². The van der Waals surface area contributed by atoms with Crippen LogP contribution >= 0.6 is 11.6 Å². The van der Waals surface area contributed by atoms with Gasteiger partial charge in [0.15, 0.2) is 0 Å². The molecule has 1 amide bonds. The summed E-state index contributed by atoms with van der Waals surface area (Å²) < 4.78 is 10.6. The average molecular weight is 419 g/mol. The number of nitrogens with one attached hydrogen (secondary N) is 2. The quantitative estimate of drug-likeness (QED) is 0.723. The second-order valence-corrected chi connectivity index (χ2v) is 7.70. The van der Waals surface area contributed by atoms with E-state index in [1.807, 2.05) is 17.9 Å². The van der Waals surface area contributed by atoms with Crippen LogP contribution in [0, 0.1) is 0 Å². The molecule has 0 spiro atoms. The van der Waals surface area contributed by atoms with Crippen molar-refractivity contribution >= 4 is 23.2 Å². The molecule has 156 valence electrons. The molecule has 2 N–H and O–H groups in total. The highest BCUT2D eigenvalue weighted by Crippen LogP contribution is 2.36. The second kappa shape index (κ2) is 9.85. The number of benzene rings is 2. The van der Waals surface area contributed by atoms with Crippen LogP contribution in [0.1, 0.15) is 12.5 Å². The molecule has 29 heavy (non-hydrogen) atoms. The second-order valence-electron chi connectivity index (χ2n) is 7.29. The molecule has 0 aromatic heterocycles. The number of hydrogen-bond donors (Lipinski definition) is 2. The van der Waals surface area contributed by atoms with Gasteiger partial charge in [-0.25, -0.2) is 0 Å². The molecule has 1 aliphatic rings. The van der Waals surface area contributed by atoms with E-state index in [-0.39, 0.29) is 11.9 Å². The number of rotatable bonds is 7. The minimum absolute atomic E-state index is 0.0813. The summed E-state index contributed by atoms with van der Waals surface area (Å²) in [5.74, 6) is 1.20. The Labute approximate surface area is 177 Å². The fourth-order valence-corrected chi connectivity index (χ4v) is 3.89. The molecule has 1 fully saturated rings. The Bertz CT molecular complexity index is 824. The summed E-state index contributed by atoms with van der Waals surface area (Å²) in [6.45, 7) is 6.28. The van der Waals surface area contributed by atoms with Crippen LogP contribution in [0.4, 0.5) is 5.69 Å². The van der Waals surface area contributed by atoms with Crippen LogP contribution in [-0.2, 0) is 11.3 Å². The number of halogens is 1. The zero-order valence-corrected chi connectivity index (χ0v) is 18.0. The summed E-state index contributed by atoms with van der Waals surface area (Å²) in [5, 5.41) is 3.70. The lowest BCUT2D eigenvalue weighted by atomic mass is 10.2. The Morgan fingerprint density at radius 1 is 1.14 bits per heavy atom. The number of carbonyl (C=O) groups excluding carboxylic acids is 1. The highest BCUT2D eigenvalue weighted by atomic mass is 35.5. The van der Waals surface area contributed by atoms with Crippen LogP contribution in [-0.4, -0.2) is 57.2 Å². The highest BCUT2D eigenvalue weighted by molar-refractivity contribution is 6.32. The summed E-state index contributed by atoms with van der Waals surface area (Å²) >= 11 is 6.23. The molecule has 2 aromatic rings. The molecular weight excluding hydrogens is 390 g/mol. The van der Waals surface area contributed by atoms with Crippen molar-refractivity contribution in [2.75, 3.05) is 45.7 Å². The fourth-order valence-electron chi connectivity index (χ4n) is 3.65. The van der Waals surface area contributed by atoms with E-state index in [1.165, 1.54) is 10.5 Å². The minimum atomic E-state index is -0.385. The van der Waals surface area contributed by atoms with Gasteiger partial charge in [-0.2, -0.15) is 0 Å². The number of piperazine rings is 1. The van der Waals surface area contributed by atoms with Crippen LogP contribution in [0.5, 0.6) is 11.5 Å². The molecule has 0 saturated carbocycles. The first-order valence-corrected chi connectivity index (χ1v) is 10.2. The standard InChI is InChI=1S/C22H28ClN3O3/c1-16(24-19-13-18(23)20(28-2)14-21(19)29-3)22(27)26-11-9-25(10-12-26)15-17-7-5-4-6-8-17/h4-8,13-14,16,24H,9-12,15H2,1-3H3/p+1/t16-/m0/s1. The maximum absolute atomic E-state index is 12.9. The number of amides is 1. The third kappa shape index (κ3) is 5.34. The average Bonchev–Trinajstić information content (AvgIpc) is 2.74. The van der Waals surface area contributed by atoms with Gasteiger partial charge in [-0.05, 0) is 13.0 Å². The van der Waals surface area contributed by atoms with Crippen LogP contribution in [0.25, 0.3) is 0 Å². The van der Waals surface area contributed by atoms with Crippen LogP contribution in [0.3, 0.4) is 0 Å². The molecule has 1 heterocycles. The van der Waals surface area contributed by atoms with Gasteiger partial charge in [-0.3, -0.25) is 4.79 Å². The molecule has 3 rings (SSSR count). The normalized spacial score (nSPS) is 15.7. The molecule has 1 saturated heterocycles. The predicted octanol–water partition coefficient (Wildman–Crippen LogP) is 2.08. The number of hydrogen-bond acceptors (Lipinski definition) is 4. The highest BCUT2D eigenvalue weighted by Gasteiger charge is 2.27. The molecule has 0 aliphatic carbocycles. The molecule has 0 unspecified atom stereocenters. The Hall–Kier alpha value is -2.44. The first kappa shape index (κ1) is 21.3. The van der Waals surface area contributed by atoms with E-state index in [0.29, 0.717) is 22.2 Å². The van der Waals surface area contributed by atoms with Gasteiger partial charge < -0.3 is 24.6 Å². The van der Waals surface area contributed by atoms with Crippen molar-refractivity contribution in [2.45, 2.75) is 19.5 Å². The van der Waals surface area contributed by atoms with Crippen molar-refractivity contribution in [3.8, 4) is 11.5 Å². The molecule has 1 aliphatic heterocycles. The number of methoxy groups -OCH3 is 2. The summed E-state index contributed by atoms with van der Waals surface area (Å²) in [6.07, 6.45) is 0. The topological polar surface area (TPSA) is 55.2 Å². The maximum atomic E-state index is 12.9. The SMILES string of the molecule is COc1cc(OC)c(N[C@@H](C)C(=O)N2CC[NH+](Cc3ccccc3)CC2)cc1Cl. The van der Waals surface area contributed by atoms with E-state index < -0.39 is 0 Å². The van der Waals surface area contributed by atoms with Gasteiger partial charge in [0.2, 0.25) is 5.91 Å². The number of carbonyl (C=O) groups is 1. The summed E-state index contributed by atoms with van der Waals surface area (Å²) in [7, 11) is 3.13. The van der Waals surface area contributed by atoms with Crippen molar-refractivity contribution in [1.29, 1.82) is 0 Å². The van der Waals surface area contributed by atoms with E-state index in [0.717, 1.165) is 32.7 Å². The van der Waals surface area contributed by atoms with E-state index in [2.05, 4.69) is 29.6 Å². The van der Waals surface area contributed by atoms with Crippen molar-refractivity contribution in [2.24, 2.45) is 0 Å². The molecule has 7 heteroatoms. The molecule has 6 nitrogen and oxygen atoms in total. The van der Waals surface area contributed by atoms with Gasteiger partial charge in [-0.1, -0.05) is 41.9 Å². The minimum Gasteiger partial charge on any atom is -0.495 e. The lowest BCUT2D eigenvalue weighted by Gasteiger charge is -2.34.